The third kappa shape index (κ3) is 2.86. The molecule has 0 spiro atoms. The molecule has 1 aromatic rings. The van der Waals surface area contributed by atoms with E-state index in [1.165, 1.54) is 6.07 Å². The van der Waals surface area contributed by atoms with Gasteiger partial charge in [-0.3, -0.25) is 0 Å². The quantitative estimate of drug-likeness (QED) is 0.756. The summed E-state index contributed by atoms with van der Waals surface area (Å²) < 4.78 is 13.5. The molecule has 0 heterocycles. The summed E-state index contributed by atoms with van der Waals surface area (Å²) in [5.41, 5.74) is 1.23. The van der Waals surface area contributed by atoms with Gasteiger partial charge in [-0.1, -0.05) is 6.07 Å². The van der Waals surface area contributed by atoms with Gasteiger partial charge in [0.25, 0.3) is 0 Å². The van der Waals surface area contributed by atoms with E-state index < -0.39 is 0 Å². The van der Waals surface area contributed by atoms with Crippen LogP contribution in [0.2, 0.25) is 0 Å². The molecular weight excluding hydrogens is 227 g/mol. The largest absolute Gasteiger partial charge is 0.373 e. The molecule has 2 nitrogen and oxygen atoms in total. The van der Waals surface area contributed by atoms with Gasteiger partial charge in [-0.05, 0) is 19.1 Å². The van der Waals surface area contributed by atoms with E-state index in [1.807, 2.05) is 24.9 Å². The van der Waals surface area contributed by atoms with Crippen LogP contribution in [-0.2, 0) is 5.88 Å². The van der Waals surface area contributed by atoms with Crippen molar-refractivity contribution in [2.45, 2.75) is 12.8 Å². The van der Waals surface area contributed by atoms with E-state index in [1.54, 1.807) is 6.07 Å². The first-order valence-electron chi connectivity index (χ1n) is 5.04. The molecule has 16 heavy (non-hydrogen) atoms. The van der Waals surface area contributed by atoms with Gasteiger partial charge >= 0.3 is 0 Å². The Bertz CT molecular complexity index is 400. The van der Waals surface area contributed by atoms with E-state index in [2.05, 4.69) is 6.07 Å². The smallest absolute Gasteiger partial charge is 0.129 e. The van der Waals surface area contributed by atoms with Crippen LogP contribution in [0.5, 0.6) is 0 Å². The third-order valence-corrected chi connectivity index (χ3v) is 2.67. The Morgan fingerprint density at radius 1 is 1.56 bits per heavy atom. The van der Waals surface area contributed by atoms with E-state index in [-0.39, 0.29) is 17.6 Å². The van der Waals surface area contributed by atoms with E-state index in [0.29, 0.717) is 12.1 Å². The van der Waals surface area contributed by atoms with E-state index >= 15 is 0 Å². The number of nitriles is 1. The molecule has 0 fully saturated rings. The van der Waals surface area contributed by atoms with E-state index in [4.69, 9.17) is 16.9 Å². The van der Waals surface area contributed by atoms with Crippen LogP contribution < -0.4 is 4.90 Å². The summed E-state index contributed by atoms with van der Waals surface area (Å²) >= 11 is 5.72. The standard InChI is InChI=1S/C12H14ClFN2/c1-9(7-15)8-16(2)12-5-3-4-11(14)10(12)6-13/h3-5,9H,6,8H2,1-2H3. The number of benzene rings is 1. The fourth-order valence-corrected chi connectivity index (χ4v) is 1.85. The molecule has 86 valence electrons. The summed E-state index contributed by atoms with van der Waals surface area (Å²) in [6, 6.07) is 7.00. The Labute approximate surface area is 100 Å². The normalized spacial score (nSPS) is 11.9. The lowest BCUT2D eigenvalue weighted by atomic mass is 10.1. The maximum atomic E-state index is 13.5. The van der Waals surface area contributed by atoms with Crippen molar-refractivity contribution in [3.8, 4) is 6.07 Å². The fraction of sp³-hybridized carbons (Fsp3) is 0.417. The van der Waals surface area contributed by atoms with Crippen LogP contribution in [-0.4, -0.2) is 13.6 Å². The van der Waals surface area contributed by atoms with Gasteiger partial charge in [0.05, 0.1) is 17.9 Å². The minimum atomic E-state index is -0.302. The molecule has 1 aromatic carbocycles. The molecule has 1 unspecified atom stereocenters. The topological polar surface area (TPSA) is 27.0 Å². The van der Waals surface area contributed by atoms with Gasteiger partial charge < -0.3 is 4.90 Å². The number of halogens is 2. The zero-order chi connectivity index (χ0) is 12.1. The Kier molecular flexibility index (Phi) is 4.57. The molecule has 0 aliphatic rings. The SMILES string of the molecule is CC(C#N)CN(C)c1cccc(F)c1CCl. The number of hydrogen-bond acceptors (Lipinski definition) is 2. The number of nitrogens with zero attached hydrogens (tertiary/aromatic N) is 2. The maximum absolute atomic E-state index is 13.5. The number of alkyl halides is 1. The van der Waals surface area contributed by atoms with Crippen molar-refractivity contribution in [1.29, 1.82) is 5.26 Å². The van der Waals surface area contributed by atoms with Gasteiger partial charge in [0, 0.05) is 24.8 Å². The molecule has 0 aliphatic heterocycles. The number of hydrogen-bond donors (Lipinski definition) is 0. The molecule has 0 aliphatic carbocycles. The predicted molar refractivity (Wildman–Crippen MR) is 64.0 cm³/mol. The second-order valence-corrected chi connectivity index (χ2v) is 4.05. The minimum absolute atomic E-state index is 0.101. The first kappa shape index (κ1) is 12.8. The van der Waals surface area contributed by atoms with Crippen molar-refractivity contribution in [3.63, 3.8) is 0 Å². The van der Waals surface area contributed by atoms with Crippen molar-refractivity contribution in [2.24, 2.45) is 5.92 Å². The molecule has 0 saturated carbocycles. The van der Waals surface area contributed by atoms with Gasteiger partial charge in [-0.2, -0.15) is 5.26 Å². The Morgan fingerprint density at radius 2 is 2.25 bits per heavy atom. The number of anilines is 1. The molecule has 0 N–H and O–H groups in total. The molecule has 1 rings (SSSR count). The van der Waals surface area contributed by atoms with Crippen molar-refractivity contribution < 1.29 is 4.39 Å². The van der Waals surface area contributed by atoms with Crippen LogP contribution in [0.1, 0.15) is 12.5 Å². The average Bonchev–Trinajstić information content (AvgIpc) is 2.28. The predicted octanol–water partition coefficient (Wildman–Crippen LogP) is 3.16. The summed E-state index contributed by atoms with van der Waals surface area (Å²) in [7, 11) is 1.83. The third-order valence-electron chi connectivity index (χ3n) is 2.41. The van der Waals surface area contributed by atoms with Gasteiger partial charge in [0.2, 0.25) is 0 Å². The van der Waals surface area contributed by atoms with Crippen LogP contribution in [0.15, 0.2) is 18.2 Å². The summed E-state index contributed by atoms with van der Waals surface area (Å²) in [5, 5.41) is 8.73. The molecule has 0 radical (unpaired) electrons. The highest BCUT2D eigenvalue weighted by Gasteiger charge is 2.12. The fourth-order valence-electron chi connectivity index (χ4n) is 1.59. The van der Waals surface area contributed by atoms with Gasteiger partial charge in [-0.25, -0.2) is 4.39 Å². The van der Waals surface area contributed by atoms with Crippen LogP contribution in [0.4, 0.5) is 10.1 Å². The van der Waals surface area contributed by atoms with Crippen LogP contribution in [0, 0.1) is 23.1 Å². The van der Waals surface area contributed by atoms with Crippen molar-refractivity contribution in [1.82, 2.24) is 0 Å². The molecule has 0 saturated heterocycles. The van der Waals surface area contributed by atoms with E-state index in [9.17, 15) is 4.39 Å². The second-order valence-electron chi connectivity index (χ2n) is 3.78. The summed E-state index contributed by atoms with van der Waals surface area (Å²) in [6.45, 7) is 2.39. The van der Waals surface area contributed by atoms with Crippen LogP contribution in [0.3, 0.4) is 0 Å². The summed E-state index contributed by atoms with van der Waals surface area (Å²) in [4.78, 5) is 1.86. The lowest BCUT2D eigenvalue weighted by molar-refractivity contribution is 0.614. The van der Waals surface area contributed by atoms with Gasteiger partial charge in [0.1, 0.15) is 5.82 Å². The monoisotopic (exact) mass is 240 g/mol. The second kappa shape index (κ2) is 5.72. The molecule has 1 atom stereocenters. The first-order chi connectivity index (χ1) is 7.60. The molecular formula is C12H14ClFN2. The van der Waals surface area contributed by atoms with E-state index in [0.717, 1.165) is 5.69 Å². The Balaban J connectivity index is 2.95. The molecule has 0 amide bonds. The molecule has 0 bridgehead atoms. The molecule has 4 heteroatoms. The minimum Gasteiger partial charge on any atom is -0.373 e. The zero-order valence-electron chi connectivity index (χ0n) is 9.37. The van der Waals surface area contributed by atoms with Crippen molar-refractivity contribution >= 4 is 17.3 Å². The lowest BCUT2D eigenvalue weighted by Crippen LogP contribution is -2.24. The highest BCUT2D eigenvalue weighted by atomic mass is 35.5. The maximum Gasteiger partial charge on any atom is 0.129 e. The van der Waals surface area contributed by atoms with Crippen molar-refractivity contribution in [3.05, 3.63) is 29.6 Å². The Morgan fingerprint density at radius 3 is 2.81 bits per heavy atom. The van der Waals surface area contributed by atoms with Crippen LogP contribution in [0.25, 0.3) is 0 Å². The van der Waals surface area contributed by atoms with Crippen LogP contribution >= 0.6 is 11.6 Å². The number of rotatable bonds is 4. The lowest BCUT2D eigenvalue weighted by Gasteiger charge is -2.23. The zero-order valence-corrected chi connectivity index (χ0v) is 10.1. The van der Waals surface area contributed by atoms with Crippen molar-refractivity contribution in [2.75, 3.05) is 18.5 Å². The summed E-state index contributed by atoms with van der Waals surface area (Å²) in [6.07, 6.45) is 0. The highest BCUT2D eigenvalue weighted by molar-refractivity contribution is 6.17. The van der Waals surface area contributed by atoms with Gasteiger partial charge in [0.15, 0.2) is 0 Å². The molecule has 0 aromatic heterocycles. The Hall–Kier alpha value is -1.27. The highest BCUT2D eigenvalue weighted by Crippen LogP contribution is 2.24. The summed E-state index contributed by atoms with van der Waals surface area (Å²) in [5.74, 6) is -0.270. The average molecular weight is 241 g/mol. The van der Waals surface area contributed by atoms with Gasteiger partial charge in [-0.15, -0.1) is 11.6 Å². The first-order valence-corrected chi connectivity index (χ1v) is 5.57.